The molecule has 1 atom stereocenters. The molecule has 0 aromatic heterocycles. The van der Waals surface area contributed by atoms with E-state index in [2.05, 4.69) is 55.2 Å². The van der Waals surface area contributed by atoms with Crippen LogP contribution in [0.4, 0.5) is 0 Å². The summed E-state index contributed by atoms with van der Waals surface area (Å²) >= 11 is 0. The maximum atomic E-state index is 2.57. The smallest absolute Gasteiger partial charge is 0.0168 e. The number of nitrogens with zero attached hydrogens (tertiary/aromatic N) is 1. The summed E-state index contributed by atoms with van der Waals surface area (Å²) in [7, 11) is 0. The molecule has 1 aliphatic heterocycles. The molecule has 1 aliphatic rings. The van der Waals surface area contributed by atoms with Gasteiger partial charge in [0.05, 0.1) is 0 Å². The Morgan fingerprint density at radius 2 is 2.00 bits per heavy atom. The van der Waals surface area contributed by atoms with Crippen LogP contribution in [0.5, 0.6) is 0 Å². The van der Waals surface area contributed by atoms with Gasteiger partial charge in [-0.2, -0.15) is 0 Å². The predicted molar refractivity (Wildman–Crippen MR) is 69.6 cm³/mol. The Balaban J connectivity index is 1.87. The van der Waals surface area contributed by atoms with Gasteiger partial charge >= 0.3 is 0 Å². The quantitative estimate of drug-likeness (QED) is 0.699. The maximum Gasteiger partial charge on any atom is 0.0168 e. The van der Waals surface area contributed by atoms with Crippen LogP contribution in [0.3, 0.4) is 0 Å². The number of benzene rings is 1. The van der Waals surface area contributed by atoms with E-state index in [0.29, 0.717) is 6.04 Å². The van der Waals surface area contributed by atoms with Crippen molar-refractivity contribution in [1.29, 1.82) is 0 Å². The number of rotatable bonds is 3. The first-order chi connectivity index (χ1) is 7.75. The highest BCUT2D eigenvalue weighted by Crippen LogP contribution is 2.17. The van der Waals surface area contributed by atoms with Gasteiger partial charge in [0, 0.05) is 19.1 Å². The first-order valence-corrected chi connectivity index (χ1v) is 6.19. The molecular weight excluding hydrogens is 194 g/mol. The van der Waals surface area contributed by atoms with Gasteiger partial charge in [-0.1, -0.05) is 42.0 Å². The lowest BCUT2D eigenvalue weighted by molar-refractivity contribution is 0.221. The Hall–Kier alpha value is -1.08. The van der Waals surface area contributed by atoms with E-state index in [4.69, 9.17) is 0 Å². The van der Waals surface area contributed by atoms with Crippen LogP contribution in [-0.2, 0) is 6.42 Å². The minimum absolute atomic E-state index is 0.703. The third kappa shape index (κ3) is 2.96. The highest BCUT2D eigenvalue weighted by Gasteiger charge is 2.16. The molecule has 0 aliphatic carbocycles. The fourth-order valence-electron chi connectivity index (χ4n) is 2.36. The summed E-state index contributed by atoms with van der Waals surface area (Å²) in [5.41, 5.74) is 2.99. The first kappa shape index (κ1) is 11.4. The molecule has 86 valence electrons. The van der Waals surface area contributed by atoms with Gasteiger partial charge in [0.15, 0.2) is 0 Å². The van der Waals surface area contributed by atoms with Crippen molar-refractivity contribution in [3.05, 3.63) is 47.5 Å². The second-order valence-electron chi connectivity index (χ2n) is 4.83. The van der Waals surface area contributed by atoms with Crippen LogP contribution in [-0.4, -0.2) is 24.0 Å². The molecule has 0 radical (unpaired) electrons. The molecule has 2 rings (SSSR count). The van der Waals surface area contributed by atoms with E-state index in [-0.39, 0.29) is 0 Å². The Labute approximate surface area is 98.8 Å². The molecule has 0 fully saturated rings. The van der Waals surface area contributed by atoms with Crippen LogP contribution in [0.15, 0.2) is 42.0 Å². The van der Waals surface area contributed by atoms with Crippen molar-refractivity contribution in [2.45, 2.75) is 32.7 Å². The topological polar surface area (TPSA) is 3.24 Å². The van der Waals surface area contributed by atoms with Crippen LogP contribution < -0.4 is 0 Å². The van der Waals surface area contributed by atoms with Crippen molar-refractivity contribution in [1.82, 2.24) is 4.90 Å². The molecule has 1 nitrogen and oxygen atoms in total. The van der Waals surface area contributed by atoms with E-state index in [9.17, 15) is 0 Å². The normalized spacial score (nSPS) is 21.9. The van der Waals surface area contributed by atoms with Crippen molar-refractivity contribution >= 4 is 0 Å². The summed E-state index contributed by atoms with van der Waals surface area (Å²) < 4.78 is 0. The third-order valence-electron chi connectivity index (χ3n) is 3.45. The van der Waals surface area contributed by atoms with E-state index in [1.54, 1.807) is 5.57 Å². The molecule has 1 unspecified atom stereocenters. The highest BCUT2D eigenvalue weighted by atomic mass is 15.1. The van der Waals surface area contributed by atoms with Crippen molar-refractivity contribution in [2.75, 3.05) is 13.1 Å². The van der Waals surface area contributed by atoms with Crippen LogP contribution in [0, 0.1) is 0 Å². The van der Waals surface area contributed by atoms with Crippen molar-refractivity contribution in [3.63, 3.8) is 0 Å². The molecule has 0 bridgehead atoms. The zero-order valence-electron chi connectivity index (χ0n) is 10.3. The van der Waals surface area contributed by atoms with E-state index < -0.39 is 0 Å². The average molecular weight is 215 g/mol. The van der Waals surface area contributed by atoms with Crippen LogP contribution in [0.1, 0.15) is 25.8 Å². The van der Waals surface area contributed by atoms with Crippen LogP contribution >= 0.6 is 0 Å². The Kier molecular flexibility index (Phi) is 3.79. The summed E-state index contributed by atoms with van der Waals surface area (Å²) in [5, 5.41) is 0. The molecule has 0 amide bonds. The third-order valence-corrected chi connectivity index (χ3v) is 3.45. The molecule has 1 heterocycles. The van der Waals surface area contributed by atoms with Crippen molar-refractivity contribution in [3.8, 4) is 0 Å². The Morgan fingerprint density at radius 1 is 1.25 bits per heavy atom. The molecule has 0 saturated heterocycles. The molecular formula is C15H21N. The standard InChI is InChI=1S/C15H21N/c1-13-8-10-16(14(2)12-13)11-9-15-6-4-3-5-7-15/h3-8,14H,9-12H2,1-2H3. The zero-order chi connectivity index (χ0) is 11.4. The van der Waals surface area contributed by atoms with E-state index >= 15 is 0 Å². The largest absolute Gasteiger partial charge is 0.296 e. The Bertz CT molecular complexity index is 353. The van der Waals surface area contributed by atoms with Gasteiger partial charge in [-0.3, -0.25) is 4.90 Å². The second kappa shape index (κ2) is 5.31. The zero-order valence-corrected chi connectivity index (χ0v) is 10.3. The van der Waals surface area contributed by atoms with Gasteiger partial charge in [0.2, 0.25) is 0 Å². The predicted octanol–water partition coefficient (Wildman–Crippen LogP) is 3.27. The van der Waals surface area contributed by atoms with Crippen LogP contribution in [0.2, 0.25) is 0 Å². The summed E-state index contributed by atoms with van der Waals surface area (Å²) in [6.45, 7) is 6.88. The fourth-order valence-corrected chi connectivity index (χ4v) is 2.36. The highest BCUT2D eigenvalue weighted by molar-refractivity contribution is 5.15. The minimum Gasteiger partial charge on any atom is -0.296 e. The monoisotopic (exact) mass is 215 g/mol. The molecule has 16 heavy (non-hydrogen) atoms. The summed E-state index contributed by atoms with van der Waals surface area (Å²) in [4.78, 5) is 2.57. The van der Waals surface area contributed by atoms with Gasteiger partial charge in [0.1, 0.15) is 0 Å². The fraction of sp³-hybridized carbons (Fsp3) is 0.467. The van der Waals surface area contributed by atoms with Crippen molar-refractivity contribution < 1.29 is 0 Å². The van der Waals surface area contributed by atoms with Gasteiger partial charge in [-0.25, -0.2) is 0 Å². The number of hydrogen-bond acceptors (Lipinski definition) is 1. The molecule has 0 spiro atoms. The molecule has 1 heteroatoms. The lowest BCUT2D eigenvalue weighted by Gasteiger charge is -2.32. The van der Waals surface area contributed by atoms with Gasteiger partial charge in [0.25, 0.3) is 0 Å². The SMILES string of the molecule is CC1=CCN(CCc2ccccc2)C(C)C1. The van der Waals surface area contributed by atoms with Crippen LogP contribution in [0.25, 0.3) is 0 Å². The molecule has 1 aromatic rings. The maximum absolute atomic E-state index is 2.57. The van der Waals surface area contributed by atoms with Gasteiger partial charge in [-0.05, 0) is 32.3 Å². The molecule has 0 N–H and O–H groups in total. The van der Waals surface area contributed by atoms with Crippen molar-refractivity contribution in [2.24, 2.45) is 0 Å². The van der Waals surface area contributed by atoms with E-state index in [1.807, 2.05) is 0 Å². The second-order valence-corrected chi connectivity index (χ2v) is 4.83. The number of hydrogen-bond donors (Lipinski definition) is 0. The van der Waals surface area contributed by atoms with Gasteiger partial charge in [-0.15, -0.1) is 0 Å². The minimum atomic E-state index is 0.703. The van der Waals surface area contributed by atoms with E-state index in [1.165, 1.54) is 18.5 Å². The first-order valence-electron chi connectivity index (χ1n) is 6.19. The molecule has 1 aromatic carbocycles. The summed E-state index contributed by atoms with van der Waals surface area (Å²) in [5.74, 6) is 0. The average Bonchev–Trinajstić information content (AvgIpc) is 2.29. The lowest BCUT2D eigenvalue weighted by atomic mass is 10.0. The summed E-state index contributed by atoms with van der Waals surface area (Å²) in [6.07, 6.45) is 4.76. The lowest BCUT2D eigenvalue weighted by Crippen LogP contribution is -2.37. The Morgan fingerprint density at radius 3 is 2.69 bits per heavy atom. The molecule has 0 saturated carbocycles. The summed E-state index contributed by atoms with van der Waals surface area (Å²) in [6, 6.07) is 11.5. The van der Waals surface area contributed by atoms with E-state index in [0.717, 1.165) is 13.0 Å². The van der Waals surface area contributed by atoms with Gasteiger partial charge < -0.3 is 0 Å².